The minimum atomic E-state index is 0.763. The Balaban J connectivity index is 1.70. The highest BCUT2D eigenvalue weighted by Crippen LogP contribution is 2.24. The predicted molar refractivity (Wildman–Crippen MR) is 96.6 cm³/mol. The molecule has 5 nitrogen and oxygen atoms in total. The summed E-state index contributed by atoms with van der Waals surface area (Å²) in [5, 5.41) is 9.89. The van der Waals surface area contributed by atoms with Crippen LogP contribution >= 0.6 is 11.3 Å². The Bertz CT molecular complexity index is 945. The van der Waals surface area contributed by atoms with E-state index in [2.05, 4.69) is 32.9 Å². The number of methoxy groups -OCH3 is 1. The lowest BCUT2D eigenvalue weighted by molar-refractivity contribution is 0.415. The lowest BCUT2D eigenvalue weighted by Crippen LogP contribution is -2.05. The van der Waals surface area contributed by atoms with Crippen molar-refractivity contribution in [3.05, 3.63) is 65.0 Å². The molecule has 0 saturated carbocycles. The minimum Gasteiger partial charge on any atom is -0.497 e. The number of anilines is 1. The molecule has 4 aromatic rings. The van der Waals surface area contributed by atoms with E-state index in [9.17, 15) is 0 Å². The zero-order chi connectivity index (χ0) is 16.4. The van der Waals surface area contributed by atoms with Gasteiger partial charge in [0.1, 0.15) is 11.6 Å². The number of rotatable bonds is 5. The molecule has 0 aliphatic heterocycles. The van der Waals surface area contributed by atoms with E-state index in [0.717, 1.165) is 35.0 Å². The third kappa shape index (κ3) is 2.83. The highest BCUT2D eigenvalue weighted by atomic mass is 32.1. The summed E-state index contributed by atoms with van der Waals surface area (Å²) in [5.41, 5.74) is 2.76. The summed E-state index contributed by atoms with van der Waals surface area (Å²) in [6.07, 6.45) is 1.76. The molecule has 0 fully saturated rings. The molecule has 4 rings (SSSR count). The largest absolute Gasteiger partial charge is 0.497 e. The van der Waals surface area contributed by atoms with Gasteiger partial charge in [-0.2, -0.15) is 9.61 Å². The molecule has 0 saturated heterocycles. The van der Waals surface area contributed by atoms with Gasteiger partial charge in [-0.3, -0.25) is 0 Å². The number of hydrogen-bond donors (Lipinski definition) is 1. The van der Waals surface area contributed by atoms with Crippen LogP contribution in [0, 0.1) is 0 Å². The molecular formula is C18H16N4OS. The Morgan fingerprint density at radius 2 is 2.04 bits per heavy atom. The van der Waals surface area contributed by atoms with Crippen molar-refractivity contribution in [2.24, 2.45) is 0 Å². The molecule has 1 N–H and O–H groups in total. The van der Waals surface area contributed by atoms with Crippen molar-refractivity contribution in [3.63, 3.8) is 0 Å². The van der Waals surface area contributed by atoms with Crippen molar-refractivity contribution in [2.45, 2.75) is 6.54 Å². The first-order chi connectivity index (χ1) is 11.8. The summed E-state index contributed by atoms with van der Waals surface area (Å²) in [7, 11) is 1.66. The zero-order valence-electron chi connectivity index (χ0n) is 13.1. The van der Waals surface area contributed by atoms with Gasteiger partial charge in [-0.15, -0.1) is 11.3 Å². The van der Waals surface area contributed by atoms with Gasteiger partial charge in [0.25, 0.3) is 0 Å². The highest BCUT2D eigenvalue weighted by Gasteiger charge is 2.08. The number of thiophene rings is 1. The van der Waals surface area contributed by atoms with Gasteiger partial charge in [0, 0.05) is 22.6 Å². The highest BCUT2D eigenvalue weighted by molar-refractivity contribution is 7.09. The molecular weight excluding hydrogens is 320 g/mol. The van der Waals surface area contributed by atoms with Crippen LogP contribution < -0.4 is 10.1 Å². The fourth-order valence-electron chi connectivity index (χ4n) is 2.54. The van der Waals surface area contributed by atoms with Gasteiger partial charge in [-0.25, -0.2) is 4.98 Å². The maximum atomic E-state index is 5.22. The number of fused-ring (bicyclic) bond motifs is 1. The third-order valence-corrected chi connectivity index (χ3v) is 4.65. The molecule has 0 spiro atoms. The van der Waals surface area contributed by atoms with Gasteiger partial charge in [0.2, 0.25) is 0 Å². The first-order valence-electron chi connectivity index (χ1n) is 7.59. The number of aromatic nitrogens is 3. The maximum Gasteiger partial charge on any atom is 0.157 e. The Labute approximate surface area is 143 Å². The van der Waals surface area contributed by atoms with Crippen molar-refractivity contribution in [3.8, 4) is 17.0 Å². The zero-order valence-corrected chi connectivity index (χ0v) is 14.0. The van der Waals surface area contributed by atoms with E-state index in [0.29, 0.717) is 0 Å². The number of benzene rings is 1. The van der Waals surface area contributed by atoms with E-state index in [1.807, 2.05) is 40.9 Å². The van der Waals surface area contributed by atoms with Crippen LogP contribution in [0.25, 0.3) is 16.9 Å². The van der Waals surface area contributed by atoms with E-state index in [4.69, 9.17) is 4.74 Å². The van der Waals surface area contributed by atoms with Gasteiger partial charge >= 0.3 is 0 Å². The summed E-state index contributed by atoms with van der Waals surface area (Å²) in [5.74, 6) is 1.75. The molecule has 0 atom stereocenters. The van der Waals surface area contributed by atoms with Gasteiger partial charge in [0.05, 0.1) is 25.5 Å². The molecule has 120 valence electrons. The summed E-state index contributed by atoms with van der Waals surface area (Å²) in [6.45, 7) is 0.763. The van der Waals surface area contributed by atoms with Gasteiger partial charge in [0.15, 0.2) is 5.65 Å². The van der Waals surface area contributed by atoms with Crippen LogP contribution in [-0.2, 0) is 6.54 Å². The van der Waals surface area contributed by atoms with Crippen molar-refractivity contribution < 1.29 is 4.74 Å². The molecule has 24 heavy (non-hydrogen) atoms. The second-order valence-corrected chi connectivity index (χ2v) is 6.32. The summed E-state index contributed by atoms with van der Waals surface area (Å²) < 4.78 is 7.04. The van der Waals surface area contributed by atoms with E-state index < -0.39 is 0 Å². The molecule has 0 bridgehead atoms. The molecule has 1 aromatic carbocycles. The fourth-order valence-corrected chi connectivity index (χ4v) is 3.18. The van der Waals surface area contributed by atoms with E-state index >= 15 is 0 Å². The molecule has 6 heteroatoms. The molecule has 0 aliphatic carbocycles. The average Bonchev–Trinajstić information content (AvgIpc) is 3.31. The maximum absolute atomic E-state index is 5.22. The van der Waals surface area contributed by atoms with Gasteiger partial charge in [-0.1, -0.05) is 6.07 Å². The number of ether oxygens (including phenoxy) is 1. The average molecular weight is 336 g/mol. The van der Waals surface area contributed by atoms with Gasteiger partial charge in [-0.05, 0) is 35.7 Å². The van der Waals surface area contributed by atoms with E-state index in [1.54, 1.807) is 24.6 Å². The first-order valence-corrected chi connectivity index (χ1v) is 8.47. The third-order valence-electron chi connectivity index (χ3n) is 3.77. The van der Waals surface area contributed by atoms with Crippen molar-refractivity contribution >= 4 is 22.8 Å². The molecule has 3 aromatic heterocycles. The second-order valence-electron chi connectivity index (χ2n) is 5.29. The quantitative estimate of drug-likeness (QED) is 0.597. The van der Waals surface area contributed by atoms with Crippen LogP contribution in [0.4, 0.5) is 5.82 Å². The van der Waals surface area contributed by atoms with Crippen LogP contribution in [0.1, 0.15) is 4.88 Å². The van der Waals surface area contributed by atoms with Crippen LogP contribution in [0.15, 0.2) is 60.1 Å². The predicted octanol–water partition coefficient (Wildman–Crippen LogP) is 4.08. The van der Waals surface area contributed by atoms with Crippen molar-refractivity contribution in [1.29, 1.82) is 0 Å². The topological polar surface area (TPSA) is 51.5 Å². The van der Waals surface area contributed by atoms with E-state index in [-0.39, 0.29) is 0 Å². The molecule has 0 amide bonds. The smallest absolute Gasteiger partial charge is 0.157 e. The van der Waals surface area contributed by atoms with Crippen LogP contribution in [0.3, 0.4) is 0 Å². The Morgan fingerprint density at radius 3 is 2.79 bits per heavy atom. The summed E-state index contributed by atoms with van der Waals surface area (Å²) in [4.78, 5) is 5.96. The van der Waals surface area contributed by atoms with Crippen LogP contribution in [0.5, 0.6) is 5.75 Å². The molecule has 3 heterocycles. The molecule has 0 unspecified atom stereocenters. The monoisotopic (exact) mass is 336 g/mol. The lowest BCUT2D eigenvalue weighted by Gasteiger charge is -2.10. The first kappa shape index (κ1) is 14.7. The molecule has 0 radical (unpaired) electrons. The second kappa shape index (κ2) is 6.33. The number of hydrogen-bond acceptors (Lipinski definition) is 5. The standard InChI is InChI=1S/C18H16N4OS/c1-23-14-6-4-13(5-7-14)16-11-18(19-12-15-3-2-10-24-15)22-17(21-16)8-9-20-22/h2-11,19H,12H2,1H3. The summed E-state index contributed by atoms with van der Waals surface area (Å²) in [6, 6.07) is 16.0. The van der Waals surface area contributed by atoms with Crippen LogP contribution in [-0.4, -0.2) is 21.7 Å². The normalized spacial score (nSPS) is 10.9. The van der Waals surface area contributed by atoms with Crippen molar-refractivity contribution in [1.82, 2.24) is 14.6 Å². The Hall–Kier alpha value is -2.86. The van der Waals surface area contributed by atoms with E-state index in [1.165, 1.54) is 4.88 Å². The Morgan fingerprint density at radius 1 is 1.17 bits per heavy atom. The molecule has 0 aliphatic rings. The van der Waals surface area contributed by atoms with Crippen LogP contribution in [0.2, 0.25) is 0 Å². The lowest BCUT2D eigenvalue weighted by atomic mass is 10.1. The summed E-state index contributed by atoms with van der Waals surface area (Å²) >= 11 is 1.73. The van der Waals surface area contributed by atoms with Crippen molar-refractivity contribution in [2.75, 3.05) is 12.4 Å². The Kier molecular flexibility index (Phi) is 3.88. The minimum absolute atomic E-state index is 0.763. The SMILES string of the molecule is COc1ccc(-c2cc(NCc3cccs3)n3nccc3n2)cc1. The van der Waals surface area contributed by atoms with Gasteiger partial charge < -0.3 is 10.1 Å². The number of nitrogens with zero attached hydrogens (tertiary/aromatic N) is 3. The number of nitrogens with one attached hydrogen (secondary N) is 1. The fraction of sp³-hybridized carbons (Fsp3) is 0.111.